The zero-order valence-electron chi connectivity index (χ0n) is 12.7. The van der Waals surface area contributed by atoms with Crippen molar-refractivity contribution in [3.05, 3.63) is 48.2 Å². The van der Waals surface area contributed by atoms with E-state index in [1.54, 1.807) is 30.5 Å². The van der Waals surface area contributed by atoms with Crippen LogP contribution in [0.3, 0.4) is 0 Å². The topological polar surface area (TPSA) is 84.6 Å². The second kappa shape index (κ2) is 7.61. The average Bonchev–Trinajstić information content (AvgIpc) is 3.02. The Labute approximate surface area is 129 Å². The van der Waals surface area contributed by atoms with Gasteiger partial charge in [-0.25, -0.2) is 4.98 Å². The third-order valence-electron chi connectivity index (χ3n) is 3.11. The van der Waals surface area contributed by atoms with Crippen molar-refractivity contribution >= 4 is 5.91 Å². The fourth-order valence-corrected chi connectivity index (χ4v) is 2.12. The predicted octanol–water partition coefficient (Wildman–Crippen LogP) is 2.32. The Kier molecular flexibility index (Phi) is 5.55. The molecule has 2 aromatic heterocycles. The number of hydrogen-bond acceptors (Lipinski definition) is 5. The lowest BCUT2D eigenvalue weighted by Crippen LogP contribution is -2.34. The summed E-state index contributed by atoms with van der Waals surface area (Å²) in [7, 11) is 0. The van der Waals surface area contributed by atoms with Gasteiger partial charge in [0.15, 0.2) is 11.4 Å². The number of furan rings is 1. The van der Waals surface area contributed by atoms with E-state index >= 15 is 0 Å². The van der Waals surface area contributed by atoms with E-state index in [0.29, 0.717) is 24.5 Å². The maximum Gasteiger partial charge on any atom is 0.273 e. The van der Waals surface area contributed by atoms with E-state index in [-0.39, 0.29) is 17.6 Å². The van der Waals surface area contributed by atoms with Crippen molar-refractivity contribution in [1.29, 1.82) is 0 Å². The number of nitrogens with one attached hydrogen (secondary N) is 1. The van der Waals surface area contributed by atoms with Gasteiger partial charge < -0.3 is 19.6 Å². The Morgan fingerprint density at radius 1 is 1.45 bits per heavy atom. The van der Waals surface area contributed by atoms with Crippen LogP contribution < -0.4 is 10.1 Å². The number of carbonyl (C=O) groups is 1. The Balaban J connectivity index is 1.96. The zero-order chi connectivity index (χ0) is 15.9. The third kappa shape index (κ3) is 4.08. The standard InChI is InChI=1S/C16H20N2O4/c1-3-21-14-6-4-8-17-15(14)16(20)18-11(2)10-12(19)13-7-5-9-22-13/h4-9,11-12,19H,3,10H2,1-2H3,(H,18,20). The first kappa shape index (κ1) is 16.0. The Morgan fingerprint density at radius 2 is 2.27 bits per heavy atom. The molecule has 0 saturated heterocycles. The van der Waals surface area contributed by atoms with Crippen molar-refractivity contribution in [2.24, 2.45) is 0 Å². The molecule has 118 valence electrons. The molecule has 6 nitrogen and oxygen atoms in total. The van der Waals surface area contributed by atoms with Gasteiger partial charge in [0.1, 0.15) is 11.9 Å². The van der Waals surface area contributed by atoms with Crippen LogP contribution in [0.2, 0.25) is 0 Å². The molecule has 2 aromatic rings. The van der Waals surface area contributed by atoms with Crippen molar-refractivity contribution in [3.8, 4) is 5.75 Å². The highest BCUT2D eigenvalue weighted by atomic mass is 16.5. The van der Waals surface area contributed by atoms with Crippen molar-refractivity contribution in [3.63, 3.8) is 0 Å². The van der Waals surface area contributed by atoms with E-state index in [0.717, 1.165) is 0 Å². The maximum absolute atomic E-state index is 12.3. The van der Waals surface area contributed by atoms with Gasteiger partial charge in [-0.3, -0.25) is 4.79 Å². The molecular weight excluding hydrogens is 284 g/mol. The maximum atomic E-state index is 12.3. The van der Waals surface area contributed by atoms with Crippen LogP contribution in [0.5, 0.6) is 5.75 Å². The molecule has 0 aliphatic heterocycles. The summed E-state index contributed by atoms with van der Waals surface area (Å²) in [6, 6.07) is 6.58. The summed E-state index contributed by atoms with van der Waals surface area (Å²) in [5, 5.41) is 12.8. The number of pyridine rings is 1. The molecule has 2 atom stereocenters. The van der Waals surface area contributed by atoms with Crippen molar-refractivity contribution in [2.75, 3.05) is 6.61 Å². The molecule has 0 radical (unpaired) electrons. The first-order valence-corrected chi connectivity index (χ1v) is 7.22. The molecule has 2 N–H and O–H groups in total. The number of ether oxygens (including phenoxy) is 1. The molecule has 0 aliphatic carbocycles. The van der Waals surface area contributed by atoms with Crippen molar-refractivity contribution < 1.29 is 19.1 Å². The first-order valence-electron chi connectivity index (χ1n) is 7.22. The molecule has 0 saturated carbocycles. The van der Waals surface area contributed by atoms with E-state index < -0.39 is 6.10 Å². The van der Waals surface area contributed by atoms with E-state index in [1.165, 1.54) is 6.26 Å². The molecule has 2 unspecified atom stereocenters. The number of nitrogens with zero attached hydrogens (tertiary/aromatic N) is 1. The SMILES string of the molecule is CCOc1cccnc1C(=O)NC(C)CC(O)c1ccco1. The van der Waals surface area contributed by atoms with Gasteiger partial charge in [-0.15, -0.1) is 0 Å². The predicted molar refractivity (Wildman–Crippen MR) is 80.6 cm³/mol. The van der Waals surface area contributed by atoms with Crippen LogP contribution in [-0.2, 0) is 0 Å². The van der Waals surface area contributed by atoms with Crippen LogP contribution in [0.4, 0.5) is 0 Å². The summed E-state index contributed by atoms with van der Waals surface area (Å²) in [6.07, 6.45) is 2.63. The van der Waals surface area contributed by atoms with E-state index in [4.69, 9.17) is 9.15 Å². The average molecular weight is 304 g/mol. The number of carbonyl (C=O) groups excluding carboxylic acids is 1. The van der Waals surface area contributed by atoms with Crippen LogP contribution in [0, 0.1) is 0 Å². The second-order valence-corrected chi connectivity index (χ2v) is 4.92. The fraction of sp³-hybridized carbons (Fsp3) is 0.375. The quantitative estimate of drug-likeness (QED) is 0.820. The van der Waals surface area contributed by atoms with E-state index in [9.17, 15) is 9.90 Å². The van der Waals surface area contributed by atoms with Gasteiger partial charge >= 0.3 is 0 Å². The van der Waals surface area contributed by atoms with Gasteiger partial charge in [0.05, 0.1) is 12.9 Å². The lowest BCUT2D eigenvalue weighted by Gasteiger charge is -2.17. The summed E-state index contributed by atoms with van der Waals surface area (Å²) in [6.45, 7) is 4.11. The zero-order valence-corrected chi connectivity index (χ0v) is 12.7. The number of amides is 1. The molecule has 0 aliphatic rings. The Bertz CT molecular complexity index is 598. The lowest BCUT2D eigenvalue weighted by molar-refractivity contribution is 0.0894. The Morgan fingerprint density at radius 3 is 2.95 bits per heavy atom. The van der Waals surface area contributed by atoms with Crippen LogP contribution in [0.15, 0.2) is 41.1 Å². The van der Waals surface area contributed by atoms with Gasteiger partial charge in [0.2, 0.25) is 0 Å². The second-order valence-electron chi connectivity index (χ2n) is 4.92. The number of hydrogen-bond donors (Lipinski definition) is 2. The van der Waals surface area contributed by atoms with Crippen LogP contribution >= 0.6 is 0 Å². The summed E-state index contributed by atoms with van der Waals surface area (Å²) in [5.41, 5.74) is 0.240. The largest absolute Gasteiger partial charge is 0.491 e. The first-order chi connectivity index (χ1) is 10.6. The highest BCUT2D eigenvalue weighted by molar-refractivity contribution is 5.95. The van der Waals surface area contributed by atoms with Gasteiger partial charge in [0.25, 0.3) is 5.91 Å². The van der Waals surface area contributed by atoms with Crippen LogP contribution in [-0.4, -0.2) is 28.6 Å². The molecule has 6 heteroatoms. The lowest BCUT2D eigenvalue weighted by atomic mass is 10.1. The summed E-state index contributed by atoms with van der Waals surface area (Å²) in [5.74, 6) is 0.596. The fourth-order valence-electron chi connectivity index (χ4n) is 2.12. The van der Waals surface area contributed by atoms with Gasteiger partial charge in [-0.05, 0) is 38.1 Å². The molecule has 0 spiro atoms. The van der Waals surface area contributed by atoms with Crippen molar-refractivity contribution in [1.82, 2.24) is 10.3 Å². The van der Waals surface area contributed by atoms with E-state index in [1.807, 2.05) is 13.8 Å². The molecule has 2 heterocycles. The highest BCUT2D eigenvalue weighted by Crippen LogP contribution is 2.19. The highest BCUT2D eigenvalue weighted by Gasteiger charge is 2.19. The smallest absolute Gasteiger partial charge is 0.273 e. The van der Waals surface area contributed by atoms with Crippen molar-refractivity contribution in [2.45, 2.75) is 32.4 Å². The molecule has 0 bridgehead atoms. The van der Waals surface area contributed by atoms with Gasteiger partial charge in [-0.1, -0.05) is 0 Å². The summed E-state index contributed by atoms with van der Waals surface area (Å²) >= 11 is 0. The molecule has 1 amide bonds. The van der Waals surface area contributed by atoms with Crippen LogP contribution in [0.25, 0.3) is 0 Å². The minimum absolute atomic E-state index is 0.240. The number of aliphatic hydroxyl groups excluding tert-OH is 1. The number of aromatic nitrogens is 1. The van der Waals surface area contributed by atoms with Crippen LogP contribution in [0.1, 0.15) is 42.6 Å². The molecule has 2 rings (SSSR count). The summed E-state index contributed by atoms with van der Waals surface area (Å²) < 4.78 is 10.5. The molecule has 22 heavy (non-hydrogen) atoms. The number of rotatable bonds is 7. The van der Waals surface area contributed by atoms with Gasteiger partial charge in [-0.2, -0.15) is 0 Å². The molecular formula is C16H20N2O4. The monoisotopic (exact) mass is 304 g/mol. The minimum atomic E-state index is -0.764. The number of aliphatic hydroxyl groups is 1. The minimum Gasteiger partial charge on any atom is -0.491 e. The van der Waals surface area contributed by atoms with E-state index in [2.05, 4.69) is 10.3 Å². The normalized spacial score (nSPS) is 13.4. The third-order valence-corrected chi connectivity index (χ3v) is 3.11. The molecule has 0 fully saturated rings. The Hall–Kier alpha value is -2.34. The van der Waals surface area contributed by atoms with Gasteiger partial charge in [0, 0.05) is 18.7 Å². The summed E-state index contributed by atoms with van der Waals surface area (Å²) in [4.78, 5) is 16.3. The molecule has 0 aromatic carbocycles.